The Morgan fingerprint density at radius 3 is 2.41 bits per heavy atom. The molecule has 2 aromatic carbocycles. The Balaban J connectivity index is 1.44. The lowest BCUT2D eigenvalue weighted by atomic mass is 10.0. The molecule has 27 heavy (non-hydrogen) atoms. The van der Waals surface area contributed by atoms with Gasteiger partial charge in [-0.15, -0.1) is 0 Å². The number of fused-ring (bicyclic) bond motifs is 1. The van der Waals surface area contributed by atoms with Gasteiger partial charge in [-0.3, -0.25) is 14.4 Å². The molecule has 5 nitrogen and oxygen atoms in total. The largest absolute Gasteiger partial charge is 0.336 e. The Kier molecular flexibility index (Phi) is 4.70. The summed E-state index contributed by atoms with van der Waals surface area (Å²) in [6, 6.07) is 15.0. The summed E-state index contributed by atoms with van der Waals surface area (Å²) >= 11 is 0. The van der Waals surface area contributed by atoms with Crippen LogP contribution in [0.4, 0.5) is 0 Å². The molecule has 0 bridgehead atoms. The molecule has 1 fully saturated rings. The van der Waals surface area contributed by atoms with E-state index < -0.39 is 0 Å². The van der Waals surface area contributed by atoms with Crippen LogP contribution in [0.15, 0.2) is 42.5 Å². The predicted molar refractivity (Wildman–Crippen MR) is 108 cm³/mol. The van der Waals surface area contributed by atoms with Crippen LogP contribution in [0.25, 0.3) is 10.8 Å². The van der Waals surface area contributed by atoms with Gasteiger partial charge in [0, 0.05) is 45.5 Å². The molecule has 0 saturated carbocycles. The fraction of sp³-hybridized carbons (Fsp3) is 0.364. The second-order valence-corrected chi connectivity index (χ2v) is 7.38. The highest BCUT2D eigenvalue weighted by molar-refractivity contribution is 5.96. The lowest BCUT2D eigenvalue weighted by Gasteiger charge is -2.35. The zero-order valence-corrected chi connectivity index (χ0v) is 16.3. The Morgan fingerprint density at radius 2 is 1.70 bits per heavy atom. The number of rotatable bonds is 3. The first-order valence-electron chi connectivity index (χ1n) is 9.53. The van der Waals surface area contributed by atoms with Gasteiger partial charge in [0.05, 0.1) is 11.3 Å². The fourth-order valence-corrected chi connectivity index (χ4v) is 4.02. The van der Waals surface area contributed by atoms with Gasteiger partial charge in [-0.05, 0) is 30.2 Å². The van der Waals surface area contributed by atoms with Crippen LogP contribution < -0.4 is 0 Å². The van der Waals surface area contributed by atoms with Gasteiger partial charge in [0.2, 0.25) is 0 Å². The summed E-state index contributed by atoms with van der Waals surface area (Å²) in [6.45, 7) is 8.12. The molecular formula is C22H26N4O. The average molecular weight is 362 g/mol. The van der Waals surface area contributed by atoms with E-state index in [0.717, 1.165) is 49.7 Å². The number of amides is 1. The normalized spacial score (nSPS) is 15.4. The Hall–Kier alpha value is -2.66. The van der Waals surface area contributed by atoms with Crippen molar-refractivity contribution < 1.29 is 4.79 Å². The van der Waals surface area contributed by atoms with Crippen molar-refractivity contribution in [1.29, 1.82) is 0 Å². The molecule has 3 aromatic rings. The lowest BCUT2D eigenvalue weighted by molar-refractivity contribution is 0.0627. The average Bonchev–Trinajstić information content (AvgIpc) is 2.94. The number of aromatic nitrogens is 2. The first-order valence-corrected chi connectivity index (χ1v) is 9.53. The van der Waals surface area contributed by atoms with E-state index in [1.807, 2.05) is 25.8 Å². The van der Waals surface area contributed by atoms with Crippen molar-refractivity contribution in [3.05, 3.63) is 65.0 Å². The van der Waals surface area contributed by atoms with Crippen LogP contribution in [0, 0.1) is 13.8 Å². The SMILES string of the molecule is Cc1nn(C)c(C)c1C(=O)N1CCN(Cc2cccc3ccccc23)CC1. The van der Waals surface area contributed by atoms with Gasteiger partial charge >= 0.3 is 0 Å². The predicted octanol–water partition coefficient (Wildman–Crippen LogP) is 3.15. The van der Waals surface area contributed by atoms with Gasteiger partial charge < -0.3 is 4.90 Å². The second kappa shape index (κ2) is 7.16. The number of carbonyl (C=O) groups is 1. The van der Waals surface area contributed by atoms with Crippen LogP contribution in [0.5, 0.6) is 0 Å². The van der Waals surface area contributed by atoms with Crippen LogP contribution in [-0.2, 0) is 13.6 Å². The number of carbonyl (C=O) groups excluding carboxylic acids is 1. The number of piperazine rings is 1. The van der Waals surface area contributed by atoms with Crippen LogP contribution >= 0.6 is 0 Å². The van der Waals surface area contributed by atoms with Gasteiger partial charge in [-0.25, -0.2) is 0 Å². The smallest absolute Gasteiger partial charge is 0.257 e. The zero-order valence-electron chi connectivity index (χ0n) is 16.3. The highest BCUT2D eigenvalue weighted by Crippen LogP contribution is 2.21. The van der Waals surface area contributed by atoms with E-state index in [2.05, 4.69) is 52.5 Å². The zero-order chi connectivity index (χ0) is 19.0. The summed E-state index contributed by atoms with van der Waals surface area (Å²) in [7, 11) is 1.89. The molecule has 0 atom stereocenters. The van der Waals surface area contributed by atoms with Crippen molar-refractivity contribution in [2.45, 2.75) is 20.4 Å². The first kappa shape index (κ1) is 17.7. The minimum Gasteiger partial charge on any atom is -0.336 e. The molecule has 5 heteroatoms. The molecule has 1 amide bonds. The van der Waals surface area contributed by atoms with Crippen LogP contribution in [0.3, 0.4) is 0 Å². The summed E-state index contributed by atoms with van der Waals surface area (Å²) in [5.74, 6) is 0.114. The van der Waals surface area contributed by atoms with Crippen molar-refractivity contribution in [3.63, 3.8) is 0 Å². The molecule has 1 aliphatic heterocycles. The number of hydrogen-bond donors (Lipinski definition) is 0. The summed E-state index contributed by atoms with van der Waals surface area (Å²) in [4.78, 5) is 17.4. The van der Waals surface area contributed by atoms with E-state index in [4.69, 9.17) is 0 Å². The molecule has 1 aliphatic rings. The molecule has 1 saturated heterocycles. The Bertz CT molecular complexity index is 978. The van der Waals surface area contributed by atoms with E-state index in [0.29, 0.717) is 0 Å². The monoisotopic (exact) mass is 362 g/mol. The maximum Gasteiger partial charge on any atom is 0.257 e. The number of nitrogens with zero attached hydrogens (tertiary/aromatic N) is 4. The molecular weight excluding hydrogens is 336 g/mol. The topological polar surface area (TPSA) is 41.4 Å². The number of benzene rings is 2. The van der Waals surface area contributed by atoms with Crippen molar-refractivity contribution in [3.8, 4) is 0 Å². The maximum atomic E-state index is 12.9. The van der Waals surface area contributed by atoms with Crippen molar-refractivity contribution in [1.82, 2.24) is 19.6 Å². The summed E-state index contributed by atoms with van der Waals surface area (Å²) in [5.41, 5.74) is 3.88. The molecule has 0 aliphatic carbocycles. The molecule has 0 spiro atoms. The number of hydrogen-bond acceptors (Lipinski definition) is 3. The summed E-state index contributed by atoms with van der Waals surface area (Å²) < 4.78 is 1.79. The van der Waals surface area contributed by atoms with E-state index in [-0.39, 0.29) is 5.91 Å². The van der Waals surface area contributed by atoms with Crippen LogP contribution in [0.2, 0.25) is 0 Å². The standard InChI is InChI=1S/C22H26N4O/c1-16-21(17(2)24(3)23-16)22(27)26-13-11-25(12-14-26)15-19-9-6-8-18-7-4-5-10-20(18)19/h4-10H,11-15H2,1-3H3. The van der Waals surface area contributed by atoms with Gasteiger partial charge in [-0.1, -0.05) is 42.5 Å². The Labute approximate surface area is 160 Å². The summed E-state index contributed by atoms with van der Waals surface area (Å²) in [5, 5.41) is 6.99. The highest BCUT2D eigenvalue weighted by atomic mass is 16.2. The fourth-order valence-electron chi connectivity index (χ4n) is 4.02. The first-order chi connectivity index (χ1) is 13.0. The number of aryl methyl sites for hydroxylation is 2. The molecule has 1 aromatic heterocycles. The van der Waals surface area contributed by atoms with Crippen LogP contribution in [0.1, 0.15) is 27.3 Å². The molecule has 2 heterocycles. The third-order valence-electron chi connectivity index (χ3n) is 5.66. The third kappa shape index (κ3) is 3.35. The highest BCUT2D eigenvalue weighted by Gasteiger charge is 2.26. The van der Waals surface area contributed by atoms with E-state index in [1.165, 1.54) is 16.3 Å². The van der Waals surface area contributed by atoms with E-state index in [1.54, 1.807) is 4.68 Å². The molecule has 0 radical (unpaired) electrons. The minimum absolute atomic E-state index is 0.114. The maximum absolute atomic E-state index is 12.9. The van der Waals surface area contributed by atoms with Crippen LogP contribution in [-0.4, -0.2) is 51.7 Å². The second-order valence-electron chi connectivity index (χ2n) is 7.38. The van der Waals surface area contributed by atoms with Crippen molar-refractivity contribution in [2.75, 3.05) is 26.2 Å². The molecule has 4 rings (SSSR count). The molecule has 0 unspecified atom stereocenters. The Morgan fingerprint density at radius 1 is 1.00 bits per heavy atom. The lowest BCUT2D eigenvalue weighted by Crippen LogP contribution is -2.48. The van der Waals surface area contributed by atoms with Crippen molar-refractivity contribution in [2.24, 2.45) is 7.05 Å². The molecule has 140 valence electrons. The third-order valence-corrected chi connectivity index (χ3v) is 5.66. The van der Waals surface area contributed by atoms with Gasteiger partial charge in [-0.2, -0.15) is 5.10 Å². The van der Waals surface area contributed by atoms with Crippen molar-refractivity contribution >= 4 is 16.7 Å². The van der Waals surface area contributed by atoms with Gasteiger partial charge in [0.15, 0.2) is 0 Å². The van der Waals surface area contributed by atoms with E-state index >= 15 is 0 Å². The van der Waals surface area contributed by atoms with Gasteiger partial charge in [0.1, 0.15) is 0 Å². The quantitative estimate of drug-likeness (QED) is 0.719. The van der Waals surface area contributed by atoms with Gasteiger partial charge in [0.25, 0.3) is 5.91 Å². The summed E-state index contributed by atoms with van der Waals surface area (Å²) in [6.07, 6.45) is 0. The minimum atomic E-state index is 0.114. The van der Waals surface area contributed by atoms with E-state index in [9.17, 15) is 4.79 Å². The molecule has 0 N–H and O–H groups in total.